The van der Waals surface area contributed by atoms with Crippen LogP contribution < -0.4 is 10.6 Å². The molecule has 0 aliphatic heterocycles. The molecule has 1 unspecified atom stereocenters. The molecule has 2 rings (SSSR count). The molecule has 34 heavy (non-hydrogen) atoms. The number of carbonyl (C=O) groups is 2. The van der Waals surface area contributed by atoms with E-state index in [1.807, 2.05) is 0 Å². The van der Waals surface area contributed by atoms with Crippen LogP contribution in [0.5, 0.6) is 0 Å². The van der Waals surface area contributed by atoms with E-state index in [2.05, 4.69) is 21.2 Å². The number of rotatable bonds is 7. The summed E-state index contributed by atoms with van der Waals surface area (Å²) in [6.45, 7) is -2.23. The molecule has 2 aromatic rings. The monoisotopic (exact) mass is 590 g/mol. The van der Waals surface area contributed by atoms with Crippen molar-refractivity contribution >= 4 is 57.0 Å². The Morgan fingerprint density at radius 3 is 2.21 bits per heavy atom. The number of carbonyl (C=O) groups excluding carboxylic acids is 2. The van der Waals surface area contributed by atoms with Crippen molar-refractivity contribution in [2.45, 2.75) is 18.3 Å². The molecule has 0 heterocycles. The molecule has 2 N–H and O–H groups in total. The average molecular weight is 592 g/mol. The lowest BCUT2D eigenvalue weighted by Gasteiger charge is -2.18. The molecule has 0 aromatic heterocycles. The molecule has 0 bridgehead atoms. The van der Waals surface area contributed by atoms with Crippen LogP contribution in [0.2, 0.25) is 10.0 Å². The van der Waals surface area contributed by atoms with E-state index in [0.29, 0.717) is 5.56 Å². The van der Waals surface area contributed by atoms with Gasteiger partial charge in [0.1, 0.15) is 6.54 Å². The van der Waals surface area contributed by atoms with E-state index in [1.54, 1.807) is 5.32 Å². The van der Waals surface area contributed by atoms with Gasteiger partial charge >= 0.3 is 12.4 Å². The van der Waals surface area contributed by atoms with E-state index in [1.165, 1.54) is 36.4 Å². The van der Waals surface area contributed by atoms with Gasteiger partial charge in [-0.25, -0.2) is 0 Å². The van der Waals surface area contributed by atoms with Gasteiger partial charge in [-0.1, -0.05) is 47.5 Å². The van der Waals surface area contributed by atoms with Crippen molar-refractivity contribution in [3.8, 4) is 0 Å². The topological polar surface area (TPSA) is 58.2 Å². The first-order valence-electron chi connectivity index (χ1n) is 9.28. The van der Waals surface area contributed by atoms with Crippen LogP contribution in [0.25, 0.3) is 6.08 Å². The Labute approximate surface area is 208 Å². The molecular weight excluding hydrogens is 577 g/mol. The summed E-state index contributed by atoms with van der Waals surface area (Å²) in [7, 11) is 0. The number of hydrogen-bond donors (Lipinski definition) is 2. The number of allylic oxidation sites excluding steroid dienone is 1. The molecule has 0 saturated carbocycles. The van der Waals surface area contributed by atoms with Crippen LogP contribution in [-0.2, 0) is 4.79 Å². The maximum atomic E-state index is 13.6. The van der Waals surface area contributed by atoms with Crippen molar-refractivity contribution in [1.29, 1.82) is 0 Å². The fourth-order valence-electron chi connectivity index (χ4n) is 2.66. The normalized spacial score (nSPS) is 13.1. The van der Waals surface area contributed by atoms with Gasteiger partial charge in [-0.3, -0.25) is 9.59 Å². The summed E-state index contributed by atoms with van der Waals surface area (Å²) in [4.78, 5) is 23.6. The Morgan fingerprint density at radius 2 is 1.65 bits per heavy atom. The summed E-state index contributed by atoms with van der Waals surface area (Å²) in [5.74, 6) is -3.78. The zero-order valence-electron chi connectivity index (χ0n) is 16.8. The third kappa shape index (κ3) is 8.52. The number of nitrogens with one attached hydrogen (secondary N) is 2. The number of alkyl halides is 6. The van der Waals surface area contributed by atoms with Crippen LogP contribution >= 0.6 is 39.1 Å². The van der Waals surface area contributed by atoms with Crippen molar-refractivity contribution < 1.29 is 35.9 Å². The van der Waals surface area contributed by atoms with Gasteiger partial charge in [0.05, 0.1) is 28.1 Å². The van der Waals surface area contributed by atoms with E-state index >= 15 is 0 Å². The van der Waals surface area contributed by atoms with Gasteiger partial charge in [0.2, 0.25) is 5.91 Å². The van der Waals surface area contributed by atoms with E-state index in [-0.39, 0.29) is 25.6 Å². The van der Waals surface area contributed by atoms with Gasteiger partial charge in [-0.15, -0.1) is 0 Å². The fourth-order valence-corrected chi connectivity index (χ4v) is 3.54. The zero-order chi connectivity index (χ0) is 25.7. The zero-order valence-corrected chi connectivity index (χ0v) is 19.9. The van der Waals surface area contributed by atoms with Crippen LogP contribution in [0.15, 0.2) is 46.9 Å². The lowest BCUT2D eigenvalue weighted by Crippen LogP contribution is -2.40. The average Bonchev–Trinajstić information content (AvgIpc) is 2.71. The highest BCUT2D eigenvalue weighted by molar-refractivity contribution is 9.10. The van der Waals surface area contributed by atoms with E-state index in [0.717, 1.165) is 12.1 Å². The number of hydrogen-bond acceptors (Lipinski definition) is 2. The molecule has 4 nitrogen and oxygen atoms in total. The molecule has 0 saturated heterocycles. The standard InChI is InChI=1S/C21H15BrCl2F6N2O2/c22-15-7-11(1-4-13(15)19(34)31-9-18(33)32-10-20(25,26)27)2-5-14(21(28,29)30)12-3-6-16(23)17(24)8-12/h1-8,14H,9-10H2,(H,31,34)(H,32,33)/b5-2+. The number of benzene rings is 2. The smallest absolute Gasteiger partial charge is 0.345 e. The first-order valence-corrected chi connectivity index (χ1v) is 10.8. The van der Waals surface area contributed by atoms with Crippen LogP contribution in [0, 0.1) is 0 Å². The maximum absolute atomic E-state index is 13.6. The van der Waals surface area contributed by atoms with Crippen LogP contribution in [0.3, 0.4) is 0 Å². The van der Waals surface area contributed by atoms with Crippen molar-refractivity contribution in [3.05, 3.63) is 73.7 Å². The van der Waals surface area contributed by atoms with E-state index in [9.17, 15) is 35.9 Å². The van der Waals surface area contributed by atoms with Crippen LogP contribution in [0.1, 0.15) is 27.4 Å². The third-order valence-corrected chi connectivity index (χ3v) is 5.66. The minimum Gasteiger partial charge on any atom is -0.345 e. The van der Waals surface area contributed by atoms with Gasteiger partial charge < -0.3 is 10.6 Å². The largest absolute Gasteiger partial charge is 0.405 e. The minimum absolute atomic E-state index is 0.0213. The van der Waals surface area contributed by atoms with Gasteiger partial charge in [-0.05, 0) is 51.3 Å². The Morgan fingerprint density at radius 1 is 0.971 bits per heavy atom. The molecule has 0 spiro atoms. The fraction of sp³-hybridized carbons (Fsp3) is 0.238. The Kier molecular flexibility index (Phi) is 9.44. The molecule has 2 amide bonds. The predicted octanol–water partition coefficient (Wildman–Crippen LogP) is 6.52. The van der Waals surface area contributed by atoms with Gasteiger partial charge in [0.15, 0.2) is 0 Å². The third-order valence-electron chi connectivity index (χ3n) is 4.27. The van der Waals surface area contributed by atoms with Gasteiger partial charge in [-0.2, -0.15) is 26.3 Å². The lowest BCUT2D eigenvalue weighted by atomic mass is 9.97. The van der Waals surface area contributed by atoms with Crippen molar-refractivity contribution in [2.24, 2.45) is 0 Å². The highest BCUT2D eigenvalue weighted by Gasteiger charge is 2.39. The van der Waals surface area contributed by atoms with Crippen molar-refractivity contribution in [1.82, 2.24) is 10.6 Å². The molecular formula is C21H15BrCl2F6N2O2. The molecule has 0 fully saturated rings. The van der Waals surface area contributed by atoms with E-state index in [4.69, 9.17) is 23.2 Å². The Hall–Kier alpha value is -2.24. The Bertz CT molecular complexity index is 1090. The van der Waals surface area contributed by atoms with Crippen LogP contribution in [0.4, 0.5) is 26.3 Å². The predicted molar refractivity (Wildman–Crippen MR) is 120 cm³/mol. The van der Waals surface area contributed by atoms with Crippen molar-refractivity contribution in [3.63, 3.8) is 0 Å². The molecule has 0 radical (unpaired) electrons. The second-order valence-electron chi connectivity index (χ2n) is 6.87. The molecule has 2 aromatic carbocycles. The molecule has 0 aliphatic carbocycles. The highest BCUT2D eigenvalue weighted by atomic mass is 79.9. The van der Waals surface area contributed by atoms with Crippen molar-refractivity contribution in [2.75, 3.05) is 13.1 Å². The first-order chi connectivity index (χ1) is 15.7. The Balaban J connectivity index is 2.11. The number of amides is 2. The first kappa shape index (κ1) is 28.0. The summed E-state index contributed by atoms with van der Waals surface area (Å²) >= 11 is 14.7. The second-order valence-corrected chi connectivity index (χ2v) is 8.53. The summed E-state index contributed by atoms with van der Waals surface area (Å²) < 4.78 is 77.2. The highest BCUT2D eigenvalue weighted by Crippen LogP contribution is 2.38. The van der Waals surface area contributed by atoms with Crippen LogP contribution in [-0.4, -0.2) is 37.3 Å². The SMILES string of the molecule is O=C(CNC(=O)c1ccc(/C=C/C(c2ccc(Cl)c(Cl)c2)C(F)(F)F)cc1Br)NCC(F)(F)F. The summed E-state index contributed by atoms with van der Waals surface area (Å²) in [6, 6.07) is 7.62. The number of halogens is 9. The minimum atomic E-state index is -4.61. The van der Waals surface area contributed by atoms with Gasteiger partial charge in [0.25, 0.3) is 5.91 Å². The summed E-state index contributed by atoms with van der Waals surface area (Å²) in [5, 5.41) is 3.86. The second kappa shape index (κ2) is 11.5. The van der Waals surface area contributed by atoms with E-state index < -0.39 is 43.2 Å². The molecule has 1 atom stereocenters. The quantitative estimate of drug-likeness (QED) is 0.360. The summed E-state index contributed by atoms with van der Waals surface area (Å²) in [5.41, 5.74) is 0.232. The molecule has 13 heteroatoms. The lowest BCUT2D eigenvalue weighted by molar-refractivity contribution is -0.139. The summed E-state index contributed by atoms with van der Waals surface area (Å²) in [6.07, 6.45) is -7.07. The molecule has 0 aliphatic rings. The van der Waals surface area contributed by atoms with Gasteiger partial charge in [0, 0.05) is 4.47 Å². The maximum Gasteiger partial charge on any atom is 0.405 e. The molecule has 184 valence electrons.